The molecule has 2 rings (SSSR count). The molecule has 0 amide bonds. The van der Waals surface area contributed by atoms with Crippen molar-refractivity contribution in [1.82, 2.24) is 15.3 Å². The van der Waals surface area contributed by atoms with Gasteiger partial charge in [-0.15, -0.1) is 6.58 Å². The average Bonchev–Trinajstić information content (AvgIpc) is 2.70. The molecule has 0 aliphatic carbocycles. The van der Waals surface area contributed by atoms with Gasteiger partial charge in [0, 0.05) is 48.5 Å². The summed E-state index contributed by atoms with van der Waals surface area (Å²) >= 11 is 5.89. The topological polar surface area (TPSA) is 67.1 Å². The van der Waals surface area contributed by atoms with Crippen molar-refractivity contribution in [3.8, 4) is 0 Å². The van der Waals surface area contributed by atoms with Crippen molar-refractivity contribution >= 4 is 28.3 Å². The maximum Gasteiger partial charge on any atom is 0.401 e. The molecule has 1 aromatic heterocycles. The summed E-state index contributed by atoms with van der Waals surface area (Å²) in [6, 6.07) is 3.68. The number of nitrogens with two attached hydrogens (primary N) is 1. The predicted molar refractivity (Wildman–Crippen MR) is 122 cm³/mol. The minimum atomic E-state index is -4.20. The Morgan fingerprint density at radius 2 is 2.13 bits per heavy atom. The molecule has 0 aliphatic heterocycles. The zero-order valence-electron chi connectivity index (χ0n) is 17.8. The first-order valence-corrected chi connectivity index (χ1v) is 10.5. The Labute approximate surface area is 186 Å². The minimum absolute atomic E-state index is 0.184. The maximum atomic E-state index is 12.3. The molecule has 0 aliphatic rings. The number of aromatic nitrogens is 2. The second-order valence-electron chi connectivity index (χ2n) is 7.47. The van der Waals surface area contributed by atoms with E-state index in [0.717, 1.165) is 33.6 Å². The van der Waals surface area contributed by atoms with Gasteiger partial charge < -0.3 is 16.0 Å². The van der Waals surface area contributed by atoms with Crippen LogP contribution in [0, 0.1) is 6.92 Å². The fourth-order valence-corrected chi connectivity index (χ4v) is 3.54. The molecule has 0 spiro atoms. The van der Waals surface area contributed by atoms with Crippen molar-refractivity contribution in [2.45, 2.75) is 38.9 Å². The van der Waals surface area contributed by atoms with Gasteiger partial charge in [-0.25, -0.2) is 4.98 Å². The number of aryl methyl sites for hydroxylation is 1. The Balaban J connectivity index is 2.21. The van der Waals surface area contributed by atoms with E-state index in [1.54, 1.807) is 12.3 Å². The fourth-order valence-electron chi connectivity index (χ4n) is 3.26. The smallest absolute Gasteiger partial charge is 0.367 e. The standard InChI is InChI=1S/C22H29ClF3N5/c1-4-9-31(10-5-8-28-14-22(24,25)26)20-7-6-19-21(15(20)2)30-18(13-29-19)11-17(12-23)16(3)27/h4,6-7,12-13,16,28H,1,5,8-11,14,27H2,2-3H3/b17-12+/t16-/m0/s1. The number of halogens is 4. The van der Waals surface area contributed by atoms with E-state index in [9.17, 15) is 13.2 Å². The Morgan fingerprint density at radius 3 is 2.74 bits per heavy atom. The minimum Gasteiger partial charge on any atom is -0.367 e. The lowest BCUT2D eigenvalue weighted by molar-refractivity contribution is -0.124. The highest BCUT2D eigenvalue weighted by atomic mass is 35.5. The number of hydrogen-bond acceptors (Lipinski definition) is 5. The molecule has 31 heavy (non-hydrogen) atoms. The molecule has 3 N–H and O–H groups in total. The summed E-state index contributed by atoms with van der Waals surface area (Å²) in [5, 5.41) is 2.43. The van der Waals surface area contributed by atoms with Gasteiger partial charge in [-0.2, -0.15) is 13.2 Å². The van der Waals surface area contributed by atoms with E-state index in [1.807, 2.05) is 26.0 Å². The molecule has 1 heterocycles. The third-order valence-corrected chi connectivity index (χ3v) is 5.18. The van der Waals surface area contributed by atoms with E-state index in [4.69, 9.17) is 22.3 Å². The summed E-state index contributed by atoms with van der Waals surface area (Å²) in [4.78, 5) is 11.4. The van der Waals surface area contributed by atoms with Crippen molar-refractivity contribution in [1.29, 1.82) is 0 Å². The van der Waals surface area contributed by atoms with Crippen LogP contribution >= 0.6 is 11.6 Å². The van der Waals surface area contributed by atoms with Gasteiger partial charge in [-0.05, 0) is 44.5 Å². The fraction of sp³-hybridized carbons (Fsp3) is 0.455. The van der Waals surface area contributed by atoms with Gasteiger partial charge in [-0.1, -0.05) is 17.7 Å². The molecule has 0 bridgehead atoms. The quantitative estimate of drug-likeness (QED) is 0.386. The Kier molecular flexibility index (Phi) is 9.28. The SMILES string of the molecule is C=CCN(CCCNCC(F)(F)F)c1ccc2ncc(C/C(=C\Cl)[C@H](C)N)nc2c1C. The number of nitrogens with zero attached hydrogens (tertiary/aromatic N) is 3. The summed E-state index contributed by atoms with van der Waals surface area (Å²) in [7, 11) is 0. The van der Waals surface area contributed by atoms with Crippen LogP contribution in [0.2, 0.25) is 0 Å². The zero-order chi connectivity index (χ0) is 23.0. The van der Waals surface area contributed by atoms with Crippen LogP contribution in [0.3, 0.4) is 0 Å². The average molecular weight is 456 g/mol. The largest absolute Gasteiger partial charge is 0.401 e. The van der Waals surface area contributed by atoms with Crippen molar-refractivity contribution in [2.75, 3.05) is 31.1 Å². The first-order valence-electron chi connectivity index (χ1n) is 10.1. The van der Waals surface area contributed by atoms with Crippen LogP contribution in [0.1, 0.15) is 24.6 Å². The van der Waals surface area contributed by atoms with Gasteiger partial charge in [0.1, 0.15) is 0 Å². The zero-order valence-corrected chi connectivity index (χ0v) is 18.6. The van der Waals surface area contributed by atoms with E-state index < -0.39 is 12.7 Å². The molecule has 1 aromatic carbocycles. The first-order chi connectivity index (χ1) is 14.7. The van der Waals surface area contributed by atoms with Crippen LogP contribution in [0.5, 0.6) is 0 Å². The normalized spacial score (nSPS) is 13.5. The van der Waals surface area contributed by atoms with Crippen molar-refractivity contribution in [3.63, 3.8) is 0 Å². The summed E-state index contributed by atoms with van der Waals surface area (Å²) in [6.07, 6.45) is 0.361. The van der Waals surface area contributed by atoms with Crippen LogP contribution in [-0.2, 0) is 6.42 Å². The van der Waals surface area contributed by atoms with Crippen LogP contribution in [0.15, 0.2) is 42.1 Å². The number of benzene rings is 1. The number of fused-ring (bicyclic) bond motifs is 1. The molecule has 0 radical (unpaired) electrons. The van der Waals surface area contributed by atoms with E-state index >= 15 is 0 Å². The lowest BCUT2D eigenvalue weighted by Gasteiger charge is -2.26. The highest BCUT2D eigenvalue weighted by Crippen LogP contribution is 2.27. The van der Waals surface area contributed by atoms with Crippen molar-refractivity contribution in [2.24, 2.45) is 5.73 Å². The molecule has 0 unspecified atom stereocenters. The van der Waals surface area contributed by atoms with Crippen LogP contribution in [-0.4, -0.2) is 48.4 Å². The molecule has 5 nitrogen and oxygen atoms in total. The first kappa shape index (κ1) is 25.1. The van der Waals surface area contributed by atoms with Crippen LogP contribution < -0.4 is 16.0 Å². The highest BCUT2D eigenvalue weighted by Gasteiger charge is 2.26. The van der Waals surface area contributed by atoms with Gasteiger partial charge in [0.05, 0.1) is 23.3 Å². The van der Waals surface area contributed by atoms with E-state index in [1.165, 1.54) is 5.54 Å². The molecular formula is C22H29ClF3N5. The molecule has 170 valence electrons. The van der Waals surface area contributed by atoms with Crippen molar-refractivity contribution < 1.29 is 13.2 Å². The third kappa shape index (κ3) is 7.48. The molecule has 0 saturated carbocycles. The molecule has 9 heteroatoms. The maximum absolute atomic E-state index is 12.3. The Hall–Kier alpha value is -2.16. The molecule has 0 fully saturated rings. The molecular weight excluding hydrogens is 427 g/mol. The molecule has 0 saturated heterocycles. The lowest BCUT2D eigenvalue weighted by Crippen LogP contribution is -2.32. The van der Waals surface area contributed by atoms with Crippen LogP contribution in [0.4, 0.5) is 18.9 Å². The van der Waals surface area contributed by atoms with E-state index in [2.05, 4.69) is 21.8 Å². The Bertz CT molecular complexity index is 912. The van der Waals surface area contributed by atoms with E-state index in [0.29, 0.717) is 25.9 Å². The number of anilines is 1. The number of rotatable bonds is 11. The summed E-state index contributed by atoms with van der Waals surface area (Å²) < 4.78 is 36.9. The summed E-state index contributed by atoms with van der Waals surface area (Å²) in [5.41, 5.74) is 12.5. The van der Waals surface area contributed by atoms with Gasteiger partial charge in [-0.3, -0.25) is 4.98 Å². The molecule has 1 atom stereocenters. The van der Waals surface area contributed by atoms with Gasteiger partial charge in [0.15, 0.2) is 0 Å². The number of nitrogens with one attached hydrogen (secondary N) is 1. The highest BCUT2D eigenvalue weighted by molar-refractivity contribution is 6.25. The Morgan fingerprint density at radius 1 is 1.39 bits per heavy atom. The van der Waals surface area contributed by atoms with E-state index in [-0.39, 0.29) is 12.6 Å². The second kappa shape index (κ2) is 11.5. The van der Waals surface area contributed by atoms with Gasteiger partial charge in [0.2, 0.25) is 0 Å². The third-order valence-electron chi connectivity index (χ3n) is 4.90. The summed E-state index contributed by atoms with van der Waals surface area (Å²) in [5.74, 6) is 0. The monoisotopic (exact) mass is 455 g/mol. The number of alkyl halides is 3. The number of hydrogen-bond donors (Lipinski definition) is 2. The lowest BCUT2D eigenvalue weighted by atomic mass is 10.1. The van der Waals surface area contributed by atoms with Gasteiger partial charge in [0.25, 0.3) is 0 Å². The predicted octanol–water partition coefficient (Wildman–Crippen LogP) is 4.49. The second-order valence-corrected chi connectivity index (χ2v) is 7.69. The van der Waals surface area contributed by atoms with Gasteiger partial charge >= 0.3 is 6.18 Å². The molecule has 2 aromatic rings. The van der Waals surface area contributed by atoms with Crippen LogP contribution in [0.25, 0.3) is 11.0 Å². The van der Waals surface area contributed by atoms with Crippen molar-refractivity contribution in [3.05, 3.63) is 53.4 Å². The summed E-state index contributed by atoms with van der Waals surface area (Å²) in [6.45, 7) is 8.08.